The number of benzene rings is 2. The van der Waals surface area contributed by atoms with Gasteiger partial charge in [0.05, 0.1) is 32.0 Å². The van der Waals surface area contributed by atoms with E-state index in [9.17, 15) is 37.9 Å². The number of nitrogens with zero attached hydrogens (tertiary/aromatic N) is 4. The number of hydrogen-bond acceptors (Lipinski definition) is 11. The third-order valence-electron chi connectivity index (χ3n) is 12.6. The summed E-state index contributed by atoms with van der Waals surface area (Å²) >= 11 is 1.59. The van der Waals surface area contributed by atoms with E-state index in [2.05, 4.69) is 25.8 Å². The normalized spacial score (nSPS) is 21.8. The van der Waals surface area contributed by atoms with Crippen molar-refractivity contribution in [3.8, 4) is 0 Å². The van der Waals surface area contributed by atoms with Gasteiger partial charge in [0.2, 0.25) is 11.8 Å². The minimum Gasteiger partial charge on any atom is -0.386 e. The summed E-state index contributed by atoms with van der Waals surface area (Å²) in [4.78, 5) is 76.4. The molecule has 1 aliphatic carbocycles. The van der Waals surface area contributed by atoms with Crippen LogP contribution in [-0.2, 0) is 21.1 Å². The van der Waals surface area contributed by atoms with Crippen LogP contribution in [-0.4, -0.2) is 86.6 Å². The second-order valence-corrected chi connectivity index (χ2v) is 18.6. The smallest absolute Gasteiger partial charge is 0.287 e. The molecule has 2 saturated heterocycles. The fourth-order valence-corrected chi connectivity index (χ4v) is 10.4. The zero-order chi connectivity index (χ0) is 43.2. The van der Waals surface area contributed by atoms with Gasteiger partial charge < -0.3 is 20.6 Å². The molecule has 0 bridgehead atoms. The number of hydrogen-bond donors (Lipinski definition) is 4. The van der Waals surface area contributed by atoms with Crippen molar-refractivity contribution in [3.63, 3.8) is 0 Å². The Balaban J connectivity index is 0.811. The SMILES string of the molecule is CC(C)(O)c1cc2nc([C@H]3CC[C@H](CN4CCC(CCNc5cccc6c5C(=O)N(C5CCC(=O)NC5=O)C6=O)CC4)CC3)sc2cc1NC(=O)c1cccc(C(C)(F)F)n1. The molecular weight excluding hydrogens is 805 g/mol. The number of fused-ring (bicyclic) bond motifs is 2. The lowest BCUT2D eigenvalue weighted by Crippen LogP contribution is -2.54. The average Bonchev–Trinajstić information content (AvgIpc) is 3.75. The molecule has 13 nitrogen and oxygen atoms in total. The molecule has 0 radical (unpaired) electrons. The Hall–Kier alpha value is -5.19. The fraction of sp³-hybridized carbons (Fsp3) is 0.489. The Bertz CT molecular complexity index is 2380. The number of piperidine rings is 2. The van der Waals surface area contributed by atoms with Gasteiger partial charge in [-0.05, 0) is 127 Å². The van der Waals surface area contributed by atoms with Gasteiger partial charge in [0, 0.05) is 49.3 Å². The first-order valence-electron chi connectivity index (χ1n) is 21.2. The maximum Gasteiger partial charge on any atom is 0.287 e. The maximum absolute atomic E-state index is 13.9. The summed E-state index contributed by atoms with van der Waals surface area (Å²) in [5.41, 5.74) is 0.787. The monoisotopic (exact) mass is 855 g/mol. The molecule has 5 amide bonds. The Labute approximate surface area is 356 Å². The van der Waals surface area contributed by atoms with Crippen LogP contribution in [0.25, 0.3) is 10.2 Å². The highest BCUT2D eigenvalue weighted by Gasteiger charge is 2.45. The van der Waals surface area contributed by atoms with E-state index in [1.165, 1.54) is 18.2 Å². The van der Waals surface area contributed by atoms with Gasteiger partial charge in [-0.25, -0.2) is 9.97 Å². The van der Waals surface area contributed by atoms with Crippen LogP contribution in [0.15, 0.2) is 48.5 Å². The van der Waals surface area contributed by atoms with E-state index in [1.807, 2.05) is 0 Å². The highest BCUT2D eigenvalue weighted by molar-refractivity contribution is 7.18. The third kappa shape index (κ3) is 9.07. The van der Waals surface area contributed by atoms with Gasteiger partial charge in [-0.15, -0.1) is 11.3 Å². The highest BCUT2D eigenvalue weighted by atomic mass is 32.1. The van der Waals surface area contributed by atoms with Gasteiger partial charge >= 0.3 is 0 Å². The number of carbonyl (C=O) groups is 5. The number of carbonyl (C=O) groups excluding carboxylic acids is 5. The molecule has 2 aromatic carbocycles. The van der Waals surface area contributed by atoms with Crippen LogP contribution in [0.1, 0.15) is 132 Å². The lowest BCUT2D eigenvalue weighted by molar-refractivity contribution is -0.136. The molecule has 4 N–H and O–H groups in total. The minimum atomic E-state index is -3.19. The zero-order valence-corrected chi connectivity index (χ0v) is 35.4. The van der Waals surface area contributed by atoms with E-state index in [1.54, 1.807) is 55.5 Å². The van der Waals surface area contributed by atoms with Crippen LogP contribution >= 0.6 is 11.3 Å². The number of pyridine rings is 1. The number of aromatic nitrogens is 2. The zero-order valence-electron chi connectivity index (χ0n) is 34.6. The summed E-state index contributed by atoms with van der Waals surface area (Å²) in [6, 6.07) is 11.7. The number of anilines is 2. The summed E-state index contributed by atoms with van der Waals surface area (Å²) < 4.78 is 28.7. The minimum absolute atomic E-state index is 0.0771. The number of imide groups is 2. The standard InChI is InChI=1S/C45H51F2N7O6S/c1-44(2,60)29-22-33-35(23-32(29)50-39(56)31-8-5-9-36(49-31)45(3,46)47)61-41(51-33)27-12-10-26(11-13-27)24-53-20-17-25(18-21-53)16-19-48-30-7-4-6-28-38(30)43(59)54(42(28)58)34-14-15-37(55)52-40(34)57/h4-9,22-23,25-27,34,48,60H,10-21,24H2,1-3H3,(H,50,56)(H,52,55,57)/t26-,27-,34?. The van der Waals surface area contributed by atoms with Gasteiger partial charge in [0.15, 0.2) is 0 Å². The largest absolute Gasteiger partial charge is 0.386 e. The Kier molecular flexibility index (Phi) is 11.8. The number of alkyl halides is 2. The van der Waals surface area contributed by atoms with E-state index in [-0.39, 0.29) is 29.7 Å². The van der Waals surface area contributed by atoms with Gasteiger partial charge in [-0.3, -0.25) is 34.2 Å². The predicted molar refractivity (Wildman–Crippen MR) is 227 cm³/mol. The number of nitrogens with one attached hydrogen (secondary N) is 3. The van der Waals surface area contributed by atoms with Gasteiger partial charge in [0.1, 0.15) is 17.4 Å². The number of likely N-dealkylation sites (tertiary alicyclic amines) is 1. The van der Waals surface area contributed by atoms with Crippen LogP contribution < -0.4 is 16.0 Å². The second-order valence-electron chi connectivity index (χ2n) is 17.6. The maximum atomic E-state index is 13.9. The van der Waals surface area contributed by atoms with E-state index in [4.69, 9.17) is 4.98 Å². The average molecular weight is 856 g/mol. The van der Waals surface area contributed by atoms with Gasteiger partial charge in [0.25, 0.3) is 23.6 Å². The summed E-state index contributed by atoms with van der Waals surface area (Å²) in [5.74, 6) is -4.42. The van der Waals surface area contributed by atoms with Crippen molar-refractivity contribution in [1.82, 2.24) is 25.1 Å². The lowest BCUT2D eigenvalue weighted by Gasteiger charge is -2.36. The van der Waals surface area contributed by atoms with Crippen molar-refractivity contribution in [2.75, 3.05) is 36.8 Å². The first-order chi connectivity index (χ1) is 29.0. The molecule has 61 heavy (non-hydrogen) atoms. The second kappa shape index (κ2) is 16.9. The number of halogens is 2. The van der Waals surface area contributed by atoms with Gasteiger partial charge in [-0.2, -0.15) is 8.78 Å². The topological polar surface area (TPSA) is 174 Å². The number of amides is 5. The van der Waals surface area contributed by atoms with Crippen LogP contribution in [0, 0.1) is 11.8 Å². The molecule has 322 valence electrons. The molecule has 16 heteroatoms. The summed E-state index contributed by atoms with van der Waals surface area (Å²) in [6.07, 6.45) is 7.57. The van der Waals surface area contributed by atoms with Crippen molar-refractivity contribution in [3.05, 3.63) is 81.6 Å². The van der Waals surface area contributed by atoms with Gasteiger partial charge in [-0.1, -0.05) is 12.1 Å². The molecular formula is C45H51F2N7O6S. The Morgan fingerprint density at radius 1 is 0.902 bits per heavy atom. The molecule has 4 aliphatic rings. The highest BCUT2D eigenvalue weighted by Crippen LogP contribution is 2.42. The van der Waals surface area contributed by atoms with Crippen molar-refractivity contribution in [1.29, 1.82) is 0 Å². The van der Waals surface area contributed by atoms with Crippen LogP contribution in [0.2, 0.25) is 0 Å². The molecule has 5 heterocycles. The number of rotatable bonds is 12. The number of thiazole rings is 1. The Morgan fingerprint density at radius 2 is 1.64 bits per heavy atom. The van der Waals surface area contributed by atoms with E-state index < -0.39 is 52.8 Å². The summed E-state index contributed by atoms with van der Waals surface area (Å²) in [5, 5.41) is 20.5. The predicted octanol–water partition coefficient (Wildman–Crippen LogP) is 7.17. The van der Waals surface area contributed by atoms with Crippen molar-refractivity contribution in [2.24, 2.45) is 11.8 Å². The third-order valence-corrected chi connectivity index (χ3v) is 13.8. The van der Waals surface area contributed by atoms with E-state index in [0.29, 0.717) is 41.2 Å². The van der Waals surface area contributed by atoms with Crippen molar-refractivity contribution < 1.29 is 37.9 Å². The van der Waals surface area contributed by atoms with E-state index >= 15 is 0 Å². The molecule has 2 aromatic heterocycles. The van der Waals surface area contributed by atoms with Crippen molar-refractivity contribution >= 4 is 62.5 Å². The summed E-state index contributed by atoms with van der Waals surface area (Å²) in [6.45, 7) is 7.78. The molecule has 0 spiro atoms. The van der Waals surface area contributed by atoms with Crippen LogP contribution in [0.3, 0.4) is 0 Å². The van der Waals surface area contributed by atoms with Crippen LogP contribution in [0.5, 0.6) is 0 Å². The Morgan fingerprint density at radius 3 is 2.34 bits per heavy atom. The number of aliphatic hydroxyl groups is 1. The molecule has 1 unspecified atom stereocenters. The first kappa shape index (κ1) is 42.5. The van der Waals surface area contributed by atoms with Crippen LogP contribution in [0.4, 0.5) is 20.2 Å². The molecule has 8 rings (SSSR count). The van der Waals surface area contributed by atoms with Crippen molar-refractivity contribution in [2.45, 2.75) is 102 Å². The van der Waals surface area contributed by atoms with E-state index in [0.717, 1.165) is 91.6 Å². The lowest BCUT2D eigenvalue weighted by atomic mass is 9.81. The molecule has 3 fully saturated rings. The summed E-state index contributed by atoms with van der Waals surface area (Å²) in [7, 11) is 0. The molecule has 4 aromatic rings. The molecule has 1 atom stereocenters. The molecule has 1 saturated carbocycles. The molecule has 3 aliphatic heterocycles. The fourth-order valence-electron chi connectivity index (χ4n) is 9.26. The first-order valence-corrected chi connectivity index (χ1v) is 22.0. The quantitative estimate of drug-likeness (QED) is 0.107.